The normalized spacial score (nSPS) is 11.1. The van der Waals surface area contributed by atoms with Gasteiger partial charge in [0.05, 0.1) is 11.3 Å². The molecule has 2 aromatic rings. The van der Waals surface area contributed by atoms with Crippen LogP contribution >= 0.6 is 0 Å². The molecule has 10 heteroatoms. The fourth-order valence-electron chi connectivity index (χ4n) is 2.19. The lowest BCUT2D eigenvalue weighted by Crippen LogP contribution is -2.42. The van der Waals surface area contributed by atoms with Gasteiger partial charge < -0.3 is 0 Å². The summed E-state index contributed by atoms with van der Waals surface area (Å²) in [7, 11) is -3.78. The molecule has 0 bridgehead atoms. The monoisotopic (exact) mass is 411 g/mol. The molecule has 0 unspecified atom stereocenters. The van der Waals surface area contributed by atoms with Crippen molar-refractivity contribution in [2.75, 3.05) is 6.54 Å². The Morgan fingerprint density at radius 3 is 1.96 bits per heavy atom. The lowest BCUT2D eigenvalue weighted by atomic mass is 10.1. The van der Waals surface area contributed by atoms with Gasteiger partial charge in [0, 0.05) is 13.0 Å². The largest absolute Gasteiger partial charge is 0.273 e. The molecule has 2 aromatic carbocycles. The number of amides is 2. The number of nitrogens with one attached hydrogen (secondary N) is 3. The van der Waals surface area contributed by atoms with E-state index < -0.39 is 33.5 Å². The topological polar surface area (TPSA) is 104 Å². The molecule has 2 rings (SSSR count). The summed E-state index contributed by atoms with van der Waals surface area (Å²) in [6, 6.07) is 9.74. The molecule has 0 aliphatic heterocycles. The Bertz CT molecular complexity index is 917. The molecule has 0 heterocycles. The van der Waals surface area contributed by atoms with E-state index in [4.69, 9.17) is 0 Å². The maximum absolute atomic E-state index is 12.8. The number of sulfonamides is 1. The second kappa shape index (κ2) is 9.90. The summed E-state index contributed by atoms with van der Waals surface area (Å²) in [5.74, 6) is -1.92. The van der Waals surface area contributed by atoms with Gasteiger partial charge in [-0.3, -0.25) is 20.4 Å². The van der Waals surface area contributed by atoms with Crippen LogP contribution in [0.25, 0.3) is 0 Å². The highest BCUT2D eigenvalue weighted by atomic mass is 32.2. The SMILES string of the molecule is O=C(CCCNS(=O)(=O)c1ccc(F)cc1)NNC(=O)Cc1ccc(F)cc1. The van der Waals surface area contributed by atoms with Crippen molar-refractivity contribution in [3.05, 3.63) is 65.7 Å². The average Bonchev–Trinajstić information content (AvgIpc) is 2.66. The number of carbonyl (C=O) groups is 2. The summed E-state index contributed by atoms with van der Waals surface area (Å²) < 4.78 is 51.9. The van der Waals surface area contributed by atoms with E-state index in [2.05, 4.69) is 15.6 Å². The molecule has 0 aliphatic rings. The first-order valence-electron chi connectivity index (χ1n) is 8.33. The number of hydrogen-bond donors (Lipinski definition) is 3. The van der Waals surface area contributed by atoms with Crippen LogP contribution in [0.4, 0.5) is 8.78 Å². The Morgan fingerprint density at radius 1 is 0.821 bits per heavy atom. The van der Waals surface area contributed by atoms with Gasteiger partial charge in [0.1, 0.15) is 11.6 Å². The summed E-state index contributed by atoms with van der Waals surface area (Å²) in [6.07, 6.45) is 0.140. The van der Waals surface area contributed by atoms with Crippen LogP contribution in [0.2, 0.25) is 0 Å². The predicted molar refractivity (Wildman–Crippen MR) is 97.2 cm³/mol. The van der Waals surface area contributed by atoms with Crippen LogP contribution in [0.1, 0.15) is 18.4 Å². The second-order valence-electron chi connectivity index (χ2n) is 5.85. The Kier molecular flexibility index (Phi) is 7.59. The van der Waals surface area contributed by atoms with Gasteiger partial charge in [0.15, 0.2) is 0 Å². The van der Waals surface area contributed by atoms with Gasteiger partial charge in [-0.05, 0) is 48.4 Å². The first-order chi connectivity index (χ1) is 13.3. The quantitative estimate of drug-likeness (QED) is 0.451. The van der Waals surface area contributed by atoms with E-state index in [1.54, 1.807) is 0 Å². The number of halogens is 2. The molecule has 2 amide bonds. The van der Waals surface area contributed by atoms with Crippen molar-refractivity contribution >= 4 is 21.8 Å². The number of benzene rings is 2. The third-order valence-corrected chi connectivity index (χ3v) is 5.09. The van der Waals surface area contributed by atoms with Crippen molar-refractivity contribution < 1.29 is 26.8 Å². The van der Waals surface area contributed by atoms with E-state index in [9.17, 15) is 26.8 Å². The number of hydrazine groups is 1. The zero-order valence-corrected chi connectivity index (χ0v) is 15.6. The van der Waals surface area contributed by atoms with Gasteiger partial charge in [-0.2, -0.15) is 0 Å². The van der Waals surface area contributed by atoms with Crippen molar-refractivity contribution in [2.45, 2.75) is 24.2 Å². The molecule has 0 fully saturated rings. The first kappa shape index (κ1) is 21.5. The Balaban J connectivity index is 1.66. The molecule has 0 saturated heterocycles. The van der Waals surface area contributed by atoms with Crippen LogP contribution in [0.3, 0.4) is 0 Å². The van der Waals surface area contributed by atoms with Crippen molar-refractivity contribution in [1.82, 2.24) is 15.6 Å². The molecule has 7 nitrogen and oxygen atoms in total. The molecule has 0 radical (unpaired) electrons. The lowest BCUT2D eigenvalue weighted by Gasteiger charge is -2.08. The van der Waals surface area contributed by atoms with Crippen molar-refractivity contribution in [1.29, 1.82) is 0 Å². The maximum Gasteiger partial charge on any atom is 0.242 e. The lowest BCUT2D eigenvalue weighted by molar-refractivity contribution is -0.128. The summed E-state index contributed by atoms with van der Waals surface area (Å²) >= 11 is 0. The van der Waals surface area contributed by atoms with Crippen LogP contribution in [-0.4, -0.2) is 26.8 Å². The van der Waals surface area contributed by atoms with Crippen LogP contribution in [0.5, 0.6) is 0 Å². The minimum Gasteiger partial charge on any atom is -0.273 e. The minimum absolute atomic E-state index is 0.00332. The Morgan fingerprint density at radius 2 is 1.36 bits per heavy atom. The van der Waals surface area contributed by atoms with Gasteiger partial charge >= 0.3 is 0 Å². The molecular formula is C18H19F2N3O4S. The number of carbonyl (C=O) groups excluding carboxylic acids is 2. The second-order valence-corrected chi connectivity index (χ2v) is 7.62. The van der Waals surface area contributed by atoms with E-state index in [1.807, 2.05) is 0 Å². The molecule has 28 heavy (non-hydrogen) atoms. The van der Waals surface area contributed by atoms with Gasteiger partial charge in [0.2, 0.25) is 21.8 Å². The zero-order chi connectivity index (χ0) is 20.6. The van der Waals surface area contributed by atoms with Gasteiger partial charge in [-0.1, -0.05) is 12.1 Å². The molecule has 0 atom stereocenters. The highest BCUT2D eigenvalue weighted by Gasteiger charge is 2.13. The third kappa shape index (κ3) is 7.05. The van der Waals surface area contributed by atoms with Crippen LogP contribution in [0, 0.1) is 11.6 Å². The Labute approximate surface area is 161 Å². The standard InChI is InChI=1S/C18H19F2N3O4S/c19-14-5-3-13(4-6-14)12-18(25)23-22-17(24)2-1-11-21-28(26,27)16-9-7-15(20)8-10-16/h3-10,21H,1-2,11-12H2,(H,22,24)(H,23,25). The summed E-state index contributed by atoms with van der Waals surface area (Å²) in [6.45, 7) is -0.00332. The first-order valence-corrected chi connectivity index (χ1v) is 9.82. The summed E-state index contributed by atoms with van der Waals surface area (Å²) in [5, 5.41) is 0. The molecule has 3 N–H and O–H groups in total. The Hall–Kier alpha value is -2.85. The number of rotatable bonds is 8. The molecule has 0 aliphatic carbocycles. The van der Waals surface area contributed by atoms with Crippen LogP contribution < -0.4 is 15.6 Å². The van der Waals surface area contributed by atoms with E-state index in [1.165, 1.54) is 24.3 Å². The molecule has 0 spiro atoms. The maximum atomic E-state index is 12.8. The highest BCUT2D eigenvalue weighted by molar-refractivity contribution is 7.89. The van der Waals surface area contributed by atoms with E-state index in [-0.39, 0.29) is 30.7 Å². The summed E-state index contributed by atoms with van der Waals surface area (Å²) in [5.41, 5.74) is 5.03. The van der Waals surface area contributed by atoms with Gasteiger partial charge in [-0.25, -0.2) is 21.9 Å². The fraction of sp³-hybridized carbons (Fsp3) is 0.222. The molecule has 0 aromatic heterocycles. The zero-order valence-electron chi connectivity index (χ0n) is 14.7. The fourth-order valence-corrected chi connectivity index (χ4v) is 3.26. The van der Waals surface area contributed by atoms with Gasteiger partial charge in [-0.15, -0.1) is 0 Å². The molecule has 150 valence electrons. The van der Waals surface area contributed by atoms with Crippen molar-refractivity contribution in [2.24, 2.45) is 0 Å². The highest BCUT2D eigenvalue weighted by Crippen LogP contribution is 2.09. The van der Waals surface area contributed by atoms with Crippen LogP contribution in [0.15, 0.2) is 53.4 Å². The van der Waals surface area contributed by atoms with Crippen molar-refractivity contribution in [3.63, 3.8) is 0 Å². The average molecular weight is 411 g/mol. The van der Waals surface area contributed by atoms with E-state index >= 15 is 0 Å². The van der Waals surface area contributed by atoms with Crippen molar-refractivity contribution in [3.8, 4) is 0 Å². The van der Waals surface area contributed by atoms with E-state index in [0.717, 1.165) is 24.3 Å². The predicted octanol–water partition coefficient (Wildman–Crippen LogP) is 1.41. The molecule has 0 saturated carbocycles. The van der Waals surface area contributed by atoms with E-state index in [0.29, 0.717) is 5.56 Å². The van der Waals surface area contributed by atoms with Gasteiger partial charge in [0.25, 0.3) is 0 Å². The third-order valence-electron chi connectivity index (χ3n) is 3.62. The van der Waals surface area contributed by atoms with Crippen LogP contribution in [-0.2, 0) is 26.0 Å². The molecular weight excluding hydrogens is 392 g/mol. The smallest absolute Gasteiger partial charge is 0.242 e. The number of hydrogen-bond acceptors (Lipinski definition) is 4. The minimum atomic E-state index is -3.78. The summed E-state index contributed by atoms with van der Waals surface area (Å²) in [4.78, 5) is 23.3.